The van der Waals surface area contributed by atoms with Gasteiger partial charge in [0.05, 0.1) is 23.2 Å². The molecule has 1 amide bonds. The Kier molecular flexibility index (Phi) is 5.84. The van der Waals surface area contributed by atoms with Gasteiger partial charge in [0.1, 0.15) is 0 Å². The van der Waals surface area contributed by atoms with Gasteiger partial charge in [-0.05, 0) is 30.7 Å². The van der Waals surface area contributed by atoms with Crippen LogP contribution < -0.4 is 9.62 Å². The molecular formula is C15H19ClN4O3S. The molecule has 2 rings (SSSR count). The van der Waals surface area contributed by atoms with Crippen LogP contribution in [0, 0.1) is 0 Å². The van der Waals surface area contributed by atoms with E-state index < -0.39 is 10.0 Å². The Balaban J connectivity index is 1.84. The monoisotopic (exact) mass is 370 g/mol. The van der Waals surface area contributed by atoms with Crippen molar-refractivity contribution in [3.63, 3.8) is 0 Å². The molecule has 7 nitrogen and oxygen atoms in total. The molecular weight excluding hydrogens is 352 g/mol. The standard InChI is InChI=1S/C15H19ClN4O3S/c1-19(24(2,22)23)14-6-4-12(5-7-14)15(21)17-8-3-9-20-11-13(16)10-18-20/h4-7,10-11H,3,8-9H2,1-2H3,(H,17,21). The topological polar surface area (TPSA) is 84.3 Å². The van der Waals surface area contributed by atoms with E-state index in [-0.39, 0.29) is 5.91 Å². The third kappa shape index (κ3) is 4.97. The second-order valence-electron chi connectivity index (χ2n) is 5.31. The zero-order chi connectivity index (χ0) is 17.7. The minimum Gasteiger partial charge on any atom is -0.352 e. The van der Waals surface area contributed by atoms with Gasteiger partial charge in [0, 0.05) is 31.9 Å². The fourth-order valence-electron chi connectivity index (χ4n) is 2.02. The molecule has 0 aliphatic heterocycles. The Bertz CT molecular complexity index is 802. The summed E-state index contributed by atoms with van der Waals surface area (Å²) in [6, 6.07) is 6.39. The normalized spacial score (nSPS) is 11.3. The number of hydrogen-bond acceptors (Lipinski definition) is 4. The van der Waals surface area contributed by atoms with Crippen LogP contribution in [0.5, 0.6) is 0 Å². The first-order valence-electron chi connectivity index (χ1n) is 7.27. The van der Waals surface area contributed by atoms with Gasteiger partial charge in [-0.1, -0.05) is 11.6 Å². The van der Waals surface area contributed by atoms with Crippen molar-refractivity contribution in [2.24, 2.45) is 0 Å². The van der Waals surface area contributed by atoms with Crippen molar-refractivity contribution in [3.8, 4) is 0 Å². The fourth-order valence-corrected chi connectivity index (χ4v) is 2.68. The summed E-state index contributed by atoms with van der Waals surface area (Å²) < 4.78 is 25.8. The van der Waals surface area contributed by atoms with Crippen LogP contribution in [0.15, 0.2) is 36.7 Å². The van der Waals surface area contributed by atoms with Gasteiger partial charge in [0.2, 0.25) is 10.0 Å². The van der Waals surface area contributed by atoms with E-state index >= 15 is 0 Å². The highest BCUT2D eigenvalue weighted by Crippen LogP contribution is 2.16. The van der Waals surface area contributed by atoms with E-state index in [0.29, 0.717) is 29.4 Å². The van der Waals surface area contributed by atoms with Crippen molar-refractivity contribution in [2.75, 3.05) is 24.2 Å². The highest BCUT2D eigenvalue weighted by Gasteiger charge is 2.12. The smallest absolute Gasteiger partial charge is 0.251 e. The van der Waals surface area contributed by atoms with Crippen molar-refractivity contribution in [2.45, 2.75) is 13.0 Å². The van der Waals surface area contributed by atoms with Crippen LogP contribution in [0.25, 0.3) is 0 Å². The van der Waals surface area contributed by atoms with Gasteiger partial charge in [0.15, 0.2) is 0 Å². The van der Waals surface area contributed by atoms with E-state index in [1.54, 1.807) is 41.3 Å². The van der Waals surface area contributed by atoms with Crippen molar-refractivity contribution >= 4 is 33.2 Å². The van der Waals surface area contributed by atoms with Crippen LogP contribution in [-0.4, -0.2) is 44.0 Å². The zero-order valence-electron chi connectivity index (χ0n) is 13.4. The minimum atomic E-state index is -3.32. The quantitative estimate of drug-likeness (QED) is 0.752. The van der Waals surface area contributed by atoms with Crippen LogP contribution in [0.2, 0.25) is 5.02 Å². The average molecular weight is 371 g/mol. The third-order valence-corrected chi connectivity index (χ3v) is 4.84. The van der Waals surface area contributed by atoms with Crippen LogP contribution >= 0.6 is 11.6 Å². The lowest BCUT2D eigenvalue weighted by Gasteiger charge is -2.16. The molecule has 130 valence electrons. The summed E-state index contributed by atoms with van der Waals surface area (Å²) in [6.45, 7) is 1.16. The van der Waals surface area contributed by atoms with Crippen molar-refractivity contribution in [1.29, 1.82) is 0 Å². The van der Waals surface area contributed by atoms with Gasteiger partial charge < -0.3 is 5.32 Å². The molecule has 0 saturated heterocycles. The molecule has 0 spiro atoms. The second-order valence-corrected chi connectivity index (χ2v) is 7.76. The molecule has 0 saturated carbocycles. The summed E-state index contributed by atoms with van der Waals surface area (Å²) in [5.74, 6) is -0.206. The molecule has 0 aliphatic carbocycles. The number of nitrogens with zero attached hydrogens (tertiary/aromatic N) is 3. The maximum absolute atomic E-state index is 12.1. The van der Waals surface area contributed by atoms with Crippen LogP contribution in [-0.2, 0) is 16.6 Å². The maximum atomic E-state index is 12.1. The second kappa shape index (κ2) is 7.67. The van der Waals surface area contributed by atoms with E-state index in [1.165, 1.54) is 7.05 Å². The largest absolute Gasteiger partial charge is 0.352 e. The minimum absolute atomic E-state index is 0.206. The number of carbonyl (C=O) groups excluding carboxylic acids is 1. The van der Waals surface area contributed by atoms with E-state index in [1.807, 2.05) is 0 Å². The summed E-state index contributed by atoms with van der Waals surface area (Å²) in [5.41, 5.74) is 0.979. The number of halogens is 1. The Morgan fingerprint density at radius 1 is 1.33 bits per heavy atom. The summed E-state index contributed by atoms with van der Waals surface area (Å²) in [5, 5.41) is 7.45. The van der Waals surface area contributed by atoms with Gasteiger partial charge in [-0.25, -0.2) is 8.42 Å². The summed E-state index contributed by atoms with van der Waals surface area (Å²) in [7, 11) is -1.85. The van der Waals surface area contributed by atoms with Crippen LogP contribution in [0.1, 0.15) is 16.8 Å². The molecule has 1 aromatic carbocycles. The third-order valence-electron chi connectivity index (χ3n) is 3.44. The average Bonchev–Trinajstić information content (AvgIpc) is 2.95. The predicted octanol–water partition coefficient (Wildman–Crippen LogP) is 1.75. The molecule has 0 bridgehead atoms. The number of benzene rings is 1. The Morgan fingerprint density at radius 2 is 2.00 bits per heavy atom. The highest BCUT2D eigenvalue weighted by molar-refractivity contribution is 7.92. The first-order valence-corrected chi connectivity index (χ1v) is 9.50. The predicted molar refractivity (Wildman–Crippen MR) is 93.9 cm³/mol. The van der Waals surface area contributed by atoms with E-state index in [4.69, 9.17) is 11.6 Å². The number of hydrogen-bond donors (Lipinski definition) is 1. The molecule has 0 aliphatic rings. The van der Waals surface area contributed by atoms with Gasteiger partial charge in [-0.2, -0.15) is 5.10 Å². The van der Waals surface area contributed by atoms with Gasteiger partial charge in [0.25, 0.3) is 5.91 Å². The first-order chi connectivity index (χ1) is 11.3. The molecule has 1 N–H and O–H groups in total. The molecule has 0 fully saturated rings. The van der Waals surface area contributed by atoms with E-state index in [0.717, 1.165) is 17.0 Å². The molecule has 1 aromatic heterocycles. The number of amides is 1. The molecule has 0 radical (unpaired) electrons. The maximum Gasteiger partial charge on any atom is 0.251 e. The first kappa shape index (κ1) is 18.3. The van der Waals surface area contributed by atoms with Gasteiger partial charge in [-0.3, -0.25) is 13.8 Å². The Hall–Kier alpha value is -2.06. The number of aromatic nitrogens is 2. The Morgan fingerprint density at radius 3 is 2.54 bits per heavy atom. The van der Waals surface area contributed by atoms with E-state index in [2.05, 4.69) is 10.4 Å². The molecule has 0 atom stereocenters. The molecule has 1 heterocycles. The van der Waals surface area contributed by atoms with Crippen LogP contribution in [0.3, 0.4) is 0 Å². The fraction of sp³-hybridized carbons (Fsp3) is 0.333. The number of nitrogens with one attached hydrogen (secondary N) is 1. The number of sulfonamides is 1. The van der Waals surface area contributed by atoms with Gasteiger partial charge >= 0.3 is 0 Å². The molecule has 2 aromatic rings. The lowest BCUT2D eigenvalue weighted by Crippen LogP contribution is -2.26. The molecule has 24 heavy (non-hydrogen) atoms. The van der Waals surface area contributed by atoms with E-state index in [9.17, 15) is 13.2 Å². The number of anilines is 1. The number of aryl methyl sites for hydroxylation is 1. The molecule has 0 unspecified atom stereocenters. The SMILES string of the molecule is CN(c1ccc(C(=O)NCCCn2cc(Cl)cn2)cc1)S(C)(=O)=O. The number of carbonyl (C=O) groups is 1. The summed E-state index contributed by atoms with van der Waals surface area (Å²) in [4.78, 5) is 12.1. The summed E-state index contributed by atoms with van der Waals surface area (Å²) >= 11 is 5.77. The van der Waals surface area contributed by atoms with Crippen molar-refractivity contribution in [1.82, 2.24) is 15.1 Å². The molecule has 9 heteroatoms. The van der Waals surface area contributed by atoms with Crippen molar-refractivity contribution in [3.05, 3.63) is 47.2 Å². The lowest BCUT2D eigenvalue weighted by molar-refractivity contribution is 0.0952. The van der Waals surface area contributed by atoms with Gasteiger partial charge in [-0.15, -0.1) is 0 Å². The Labute approximate surface area is 146 Å². The van der Waals surface area contributed by atoms with Crippen LogP contribution in [0.4, 0.5) is 5.69 Å². The lowest BCUT2D eigenvalue weighted by atomic mass is 10.2. The zero-order valence-corrected chi connectivity index (χ0v) is 15.0. The highest BCUT2D eigenvalue weighted by atomic mass is 35.5. The summed E-state index contributed by atoms with van der Waals surface area (Å²) in [6.07, 6.45) is 5.13. The number of rotatable bonds is 7. The van der Waals surface area contributed by atoms with Crippen molar-refractivity contribution < 1.29 is 13.2 Å².